The lowest BCUT2D eigenvalue weighted by molar-refractivity contribution is -0.257. The van der Waals surface area contributed by atoms with Crippen molar-refractivity contribution in [3.63, 3.8) is 0 Å². The van der Waals surface area contributed by atoms with Crippen molar-refractivity contribution in [2.24, 2.45) is 0 Å². The van der Waals surface area contributed by atoms with Gasteiger partial charge in [-0.15, -0.1) is 0 Å². The fourth-order valence-electron chi connectivity index (χ4n) is 5.89. The standard InChI is InChI=1S/C39H71NO7/c1-6-9-11-13-14-15-16-17-18-19-20-21-22-24-26-28-35(41)40-36-38(37(42)34(32-43-4)47-39(36)46-30-8-3)45-31-29-33(44-5)27-25-23-12-10-7-2/h8,15-16,29-31,33-34,36-39,42H,6-7,9-14,17-28,32H2,1-5H3,(H,40,41)/b16-15-,30-8-,31-29+/t33?,34?,36-,37-,38?,39+/m1/s1. The van der Waals surface area contributed by atoms with Crippen molar-refractivity contribution < 1.29 is 33.6 Å². The Labute approximate surface area is 288 Å². The summed E-state index contributed by atoms with van der Waals surface area (Å²) in [5.74, 6) is -0.106. The summed E-state index contributed by atoms with van der Waals surface area (Å²) < 4.78 is 29.0. The highest BCUT2D eigenvalue weighted by atomic mass is 16.7. The molecule has 0 aromatic rings. The quantitative estimate of drug-likeness (QED) is 0.0449. The van der Waals surface area contributed by atoms with Gasteiger partial charge >= 0.3 is 0 Å². The van der Waals surface area contributed by atoms with Gasteiger partial charge < -0.3 is 34.1 Å². The summed E-state index contributed by atoms with van der Waals surface area (Å²) in [5, 5.41) is 14.3. The van der Waals surface area contributed by atoms with Crippen LogP contribution >= 0.6 is 0 Å². The molecule has 8 heteroatoms. The average molecular weight is 666 g/mol. The second-order valence-corrected chi connectivity index (χ2v) is 12.9. The first-order valence-electron chi connectivity index (χ1n) is 18.9. The summed E-state index contributed by atoms with van der Waals surface area (Å²) in [5.41, 5.74) is 0. The first-order valence-corrected chi connectivity index (χ1v) is 18.9. The van der Waals surface area contributed by atoms with Gasteiger partial charge in [-0.25, -0.2) is 0 Å². The van der Waals surface area contributed by atoms with E-state index in [4.69, 9.17) is 23.7 Å². The first kappa shape index (κ1) is 43.2. The van der Waals surface area contributed by atoms with Crippen LogP contribution in [-0.4, -0.2) is 68.6 Å². The van der Waals surface area contributed by atoms with Crippen LogP contribution in [0, 0.1) is 0 Å². The maximum absolute atomic E-state index is 13.1. The first-order chi connectivity index (χ1) is 23.0. The summed E-state index contributed by atoms with van der Waals surface area (Å²) in [6.07, 6.45) is 30.9. The molecule has 0 bridgehead atoms. The molecule has 0 saturated carbocycles. The number of rotatable bonds is 30. The Bertz CT molecular complexity index is 817. The van der Waals surface area contributed by atoms with Gasteiger partial charge in [-0.3, -0.25) is 4.79 Å². The van der Waals surface area contributed by atoms with E-state index >= 15 is 0 Å². The summed E-state index contributed by atoms with van der Waals surface area (Å²) in [6, 6.07) is -0.716. The highest BCUT2D eigenvalue weighted by Crippen LogP contribution is 2.26. The van der Waals surface area contributed by atoms with Gasteiger partial charge in [-0.1, -0.05) is 116 Å². The van der Waals surface area contributed by atoms with Gasteiger partial charge in [0.2, 0.25) is 12.2 Å². The van der Waals surface area contributed by atoms with Crippen LogP contribution in [-0.2, 0) is 28.5 Å². The topological polar surface area (TPSA) is 95.5 Å². The second-order valence-electron chi connectivity index (χ2n) is 12.9. The van der Waals surface area contributed by atoms with Gasteiger partial charge in [0.25, 0.3) is 0 Å². The van der Waals surface area contributed by atoms with Crippen molar-refractivity contribution in [3.8, 4) is 0 Å². The molecule has 8 nitrogen and oxygen atoms in total. The molecule has 1 amide bonds. The van der Waals surface area contributed by atoms with E-state index in [1.165, 1.54) is 96.2 Å². The lowest BCUT2D eigenvalue weighted by Gasteiger charge is -2.43. The highest BCUT2D eigenvalue weighted by molar-refractivity contribution is 5.76. The summed E-state index contributed by atoms with van der Waals surface area (Å²) in [6.45, 7) is 6.47. The minimum atomic E-state index is -1.04. The van der Waals surface area contributed by atoms with Crippen LogP contribution < -0.4 is 5.32 Å². The molecule has 274 valence electrons. The molecule has 1 saturated heterocycles. The molecule has 1 rings (SSSR count). The molecule has 0 aromatic carbocycles. The minimum Gasteiger partial charge on any atom is -0.493 e. The van der Waals surface area contributed by atoms with E-state index in [1.807, 2.05) is 13.0 Å². The zero-order chi connectivity index (χ0) is 34.4. The number of allylic oxidation sites excluding steroid dienone is 3. The number of unbranched alkanes of at least 4 members (excludes halogenated alkanes) is 15. The molecule has 2 N–H and O–H groups in total. The van der Waals surface area contributed by atoms with E-state index < -0.39 is 30.6 Å². The predicted octanol–water partition coefficient (Wildman–Crippen LogP) is 9.07. The van der Waals surface area contributed by atoms with Crippen LogP contribution in [0.2, 0.25) is 0 Å². The van der Waals surface area contributed by atoms with Gasteiger partial charge in [0, 0.05) is 20.6 Å². The molecule has 0 spiro atoms. The van der Waals surface area contributed by atoms with Crippen molar-refractivity contribution in [1.82, 2.24) is 5.32 Å². The van der Waals surface area contributed by atoms with E-state index in [0.29, 0.717) is 6.42 Å². The fraction of sp³-hybridized carbons (Fsp3) is 0.821. The highest BCUT2D eigenvalue weighted by Gasteiger charge is 2.48. The third kappa shape index (κ3) is 21.0. The second kappa shape index (κ2) is 30.2. The molecule has 1 aliphatic heterocycles. The summed E-state index contributed by atoms with van der Waals surface area (Å²) in [7, 11) is 3.25. The lowest BCUT2D eigenvalue weighted by Crippen LogP contribution is -2.65. The number of aliphatic hydroxyl groups excluding tert-OH is 1. The zero-order valence-electron chi connectivity index (χ0n) is 30.7. The van der Waals surface area contributed by atoms with Gasteiger partial charge in [0.15, 0.2) is 6.10 Å². The monoisotopic (exact) mass is 666 g/mol. The Morgan fingerprint density at radius 3 is 2.02 bits per heavy atom. The number of amides is 1. The number of ether oxygens (including phenoxy) is 5. The minimum absolute atomic E-state index is 0.0894. The Morgan fingerprint density at radius 2 is 1.40 bits per heavy atom. The zero-order valence-corrected chi connectivity index (χ0v) is 30.7. The Kier molecular flexibility index (Phi) is 27.7. The molecule has 47 heavy (non-hydrogen) atoms. The van der Waals surface area contributed by atoms with Crippen LogP contribution in [0.25, 0.3) is 0 Å². The van der Waals surface area contributed by atoms with Gasteiger partial charge in [-0.05, 0) is 51.5 Å². The molecule has 3 unspecified atom stereocenters. The third-order valence-electron chi connectivity index (χ3n) is 8.77. The SMILES string of the molecule is C/C=C\O[C@H]1OC(COC)[C@@H](O)C(O/C=C/C(CCCCCCC)OC)[C@H]1NC(=O)CCCCCCCCC/C=C\CCCCCC. The molecule has 1 aliphatic rings. The number of hydrogen-bond donors (Lipinski definition) is 2. The molecule has 0 radical (unpaired) electrons. The van der Waals surface area contributed by atoms with Gasteiger partial charge in [0.1, 0.15) is 18.2 Å². The van der Waals surface area contributed by atoms with Crippen LogP contribution in [0.4, 0.5) is 0 Å². The molecular formula is C39H71NO7. The molecule has 0 aliphatic carbocycles. The van der Waals surface area contributed by atoms with E-state index in [2.05, 4.69) is 31.3 Å². The number of carbonyl (C=O) groups is 1. The lowest BCUT2D eigenvalue weighted by atomic mass is 9.96. The van der Waals surface area contributed by atoms with Crippen LogP contribution in [0.3, 0.4) is 0 Å². The van der Waals surface area contributed by atoms with Gasteiger partial charge in [-0.2, -0.15) is 0 Å². The molecule has 1 fully saturated rings. The number of nitrogens with one attached hydrogen (secondary N) is 1. The molecule has 1 heterocycles. The molecule has 0 aromatic heterocycles. The maximum atomic E-state index is 13.1. The Morgan fingerprint density at radius 1 is 0.809 bits per heavy atom. The smallest absolute Gasteiger partial charge is 0.223 e. The normalized spacial score (nSPS) is 22.4. The Balaban J connectivity index is 2.58. The van der Waals surface area contributed by atoms with Crippen molar-refractivity contribution in [2.75, 3.05) is 20.8 Å². The fourth-order valence-corrected chi connectivity index (χ4v) is 5.89. The maximum Gasteiger partial charge on any atom is 0.223 e. The van der Waals surface area contributed by atoms with E-state index in [1.54, 1.807) is 26.6 Å². The van der Waals surface area contributed by atoms with Crippen molar-refractivity contribution in [1.29, 1.82) is 0 Å². The predicted molar refractivity (Wildman–Crippen MR) is 192 cm³/mol. The van der Waals surface area contributed by atoms with Crippen molar-refractivity contribution >= 4 is 5.91 Å². The van der Waals surface area contributed by atoms with E-state index in [9.17, 15) is 9.90 Å². The Hall–Kier alpha value is -1.87. The molecule has 6 atom stereocenters. The van der Waals surface area contributed by atoms with Gasteiger partial charge in [0.05, 0.1) is 25.2 Å². The van der Waals surface area contributed by atoms with E-state index in [-0.39, 0.29) is 18.6 Å². The average Bonchev–Trinajstić information content (AvgIpc) is 3.07. The number of carbonyl (C=O) groups excluding carboxylic acids is 1. The van der Waals surface area contributed by atoms with E-state index in [0.717, 1.165) is 32.1 Å². The number of hydrogen-bond acceptors (Lipinski definition) is 7. The van der Waals surface area contributed by atoms with Crippen LogP contribution in [0.5, 0.6) is 0 Å². The number of aliphatic hydroxyl groups is 1. The number of methoxy groups -OCH3 is 2. The van der Waals surface area contributed by atoms with Crippen molar-refractivity contribution in [2.45, 2.75) is 186 Å². The summed E-state index contributed by atoms with van der Waals surface area (Å²) in [4.78, 5) is 13.1. The third-order valence-corrected chi connectivity index (χ3v) is 8.77. The largest absolute Gasteiger partial charge is 0.493 e. The molecular weight excluding hydrogens is 594 g/mol. The van der Waals surface area contributed by atoms with Crippen LogP contribution in [0.1, 0.15) is 149 Å². The van der Waals surface area contributed by atoms with Crippen LogP contribution in [0.15, 0.2) is 36.8 Å². The van der Waals surface area contributed by atoms with Crippen molar-refractivity contribution in [3.05, 3.63) is 36.8 Å². The summed E-state index contributed by atoms with van der Waals surface area (Å²) >= 11 is 0.